The number of hydrogen-bond acceptors (Lipinski definition) is 7. The quantitative estimate of drug-likeness (QED) is 0.306. The van der Waals surface area contributed by atoms with Crippen molar-refractivity contribution < 1.29 is 32.2 Å². The van der Waals surface area contributed by atoms with Crippen LogP contribution in [0.1, 0.15) is 38.2 Å². The zero-order chi connectivity index (χ0) is 31.0. The zero-order valence-corrected chi connectivity index (χ0v) is 25.8. The van der Waals surface area contributed by atoms with Gasteiger partial charge < -0.3 is 24.4 Å². The molecule has 1 fully saturated rings. The van der Waals surface area contributed by atoms with Crippen LogP contribution in [-0.2, 0) is 26.2 Å². The number of anilines is 1. The van der Waals surface area contributed by atoms with E-state index in [1.165, 1.54) is 37.3 Å². The summed E-state index contributed by atoms with van der Waals surface area (Å²) in [6, 6.07) is 18.9. The molecule has 43 heavy (non-hydrogen) atoms. The third kappa shape index (κ3) is 7.59. The average molecular weight is 610 g/mol. The SMILES string of the molecule is COc1cccc(CN(C(=O)CN(c2ccc(OC)c(OC)c2)S(=O)(=O)c2ccccc2)C(C)C(=O)NC2CCCC2)c1. The maximum Gasteiger partial charge on any atom is 0.264 e. The maximum absolute atomic E-state index is 14.2. The molecule has 0 heterocycles. The van der Waals surface area contributed by atoms with E-state index < -0.39 is 28.5 Å². The molecule has 0 bridgehead atoms. The highest BCUT2D eigenvalue weighted by atomic mass is 32.2. The van der Waals surface area contributed by atoms with Crippen LogP contribution in [0.3, 0.4) is 0 Å². The minimum atomic E-state index is -4.21. The molecule has 0 spiro atoms. The fraction of sp³-hybridized carbons (Fsp3) is 0.375. The number of carbonyl (C=O) groups is 2. The van der Waals surface area contributed by atoms with E-state index in [1.54, 1.807) is 62.6 Å². The number of ether oxygens (including phenoxy) is 3. The molecule has 230 valence electrons. The Bertz CT molecular complexity index is 1510. The molecule has 3 aromatic carbocycles. The smallest absolute Gasteiger partial charge is 0.264 e. The van der Waals surface area contributed by atoms with Gasteiger partial charge in [0.15, 0.2) is 11.5 Å². The summed E-state index contributed by atoms with van der Waals surface area (Å²) >= 11 is 0. The number of hydrogen-bond donors (Lipinski definition) is 1. The molecule has 1 atom stereocenters. The second-order valence-corrected chi connectivity index (χ2v) is 12.3. The van der Waals surface area contributed by atoms with E-state index >= 15 is 0 Å². The molecule has 1 saturated carbocycles. The number of sulfonamides is 1. The summed E-state index contributed by atoms with van der Waals surface area (Å²) < 4.78 is 45.2. The van der Waals surface area contributed by atoms with Crippen molar-refractivity contribution in [3.63, 3.8) is 0 Å². The van der Waals surface area contributed by atoms with Crippen molar-refractivity contribution in [1.29, 1.82) is 0 Å². The summed E-state index contributed by atoms with van der Waals surface area (Å²) in [5, 5.41) is 3.07. The topological polar surface area (TPSA) is 114 Å². The van der Waals surface area contributed by atoms with Crippen LogP contribution in [0, 0.1) is 0 Å². The van der Waals surface area contributed by atoms with Crippen LogP contribution in [0.5, 0.6) is 17.2 Å². The van der Waals surface area contributed by atoms with Crippen LogP contribution >= 0.6 is 0 Å². The Morgan fingerprint density at radius 2 is 1.58 bits per heavy atom. The molecular weight excluding hydrogens is 570 g/mol. The lowest BCUT2D eigenvalue weighted by atomic mass is 10.1. The first kappa shape index (κ1) is 31.7. The van der Waals surface area contributed by atoms with E-state index in [2.05, 4.69) is 5.32 Å². The summed E-state index contributed by atoms with van der Waals surface area (Å²) in [7, 11) is 0.272. The van der Waals surface area contributed by atoms with E-state index in [0.29, 0.717) is 17.2 Å². The van der Waals surface area contributed by atoms with Crippen LogP contribution in [0.4, 0.5) is 5.69 Å². The van der Waals surface area contributed by atoms with Gasteiger partial charge in [0.05, 0.1) is 31.9 Å². The standard InChI is InChI=1S/C32H39N3O7S/c1-23(32(37)33-25-12-8-9-13-25)34(21-24-11-10-14-27(19-24)40-2)31(36)22-35(43(38,39)28-15-6-5-7-16-28)26-17-18-29(41-3)30(20-26)42-4/h5-7,10-11,14-20,23,25H,8-9,12-13,21-22H2,1-4H3,(H,33,37). The zero-order valence-electron chi connectivity index (χ0n) is 25.0. The Balaban J connectivity index is 1.72. The van der Waals surface area contributed by atoms with Gasteiger partial charge in [0.2, 0.25) is 11.8 Å². The number of nitrogens with one attached hydrogen (secondary N) is 1. The third-order valence-corrected chi connectivity index (χ3v) is 9.41. The molecule has 1 N–H and O–H groups in total. The molecule has 2 amide bonds. The molecule has 1 aliphatic carbocycles. The highest BCUT2D eigenvalue weighted by Gasteiger charge is 2.33. The largest absolute Gasteiger partial charge is 0.497 e. The fourth-order valence-electron chi connectivity index (χ4n) is 5.17. The lowest BCUT2D eigenvalue weighted by Gasteiger charge is -2.32. The van der Waals surface area contributed by atoms with Crippen LogP contribution in [0.15, 0.2) is 77.7 Å². The minimum Gasteiger partial charge on any atom is -0.497 e. The molecule has 10 nitrogen and oxygen atoms in total. The third-order valence-electron chi connectivity index (χ3n) is 7.62. The Morgan fingerprint density at radius 3 is 2.23 bits per heavy atom. The Morgan fingerprint density at radius 1 is 0.884 bits per heavy atom. The van der Waals surface area contributed by atoms with Gasteiger partial charge in [-0.1, -0.05) is 43.2 Å². The number of amides is 2. The number of carbonyl (C=O) groups excluding carboxylic acids is 2. The van der Waals surface area contributed by atoms with Gasteiger partial charge >= 0.3 is 0 Å². The predicted molar refractivity (Wildman–Crippen MR) is 164 cm³/mol. The molecule has 11 heteroatoms. The number of nitrogens with zero attached hydrogens (tertiary/aromatic N) is 2. The molecule has 0 aromatic heterocycles. The van der Waals surface area contributed by atoms with Crippen molar-refractivity contribution in [2.24, 2.45) is 0 Å². The predicted octanol–water partition coefficient (Wildman–Crippen LogP) is 4.38. The summed E-state index contributed by atoms with van der Waals surface area (Å²) in [5.41, 5.74) is 0.941. The monoisotopic (exact) mass is 609 g/mol. The van der Waals surface area contributed by atoms with Crippen molar-refractivity contribution >= 4 is 27.5 Å². The summed E-state index contributed by atoms with van der Waals surface area (Å²) in [5.74, 6) is 0.481. The van der Waals surface area contributed by atoms with E-state index in [1.807, 2.05) is 6.07 Å². The van der Waals surface area contributed by atoms with Gasteiger partial charge in [-0.3, -0.25) is 13.9 Å². The lowest BCUT2D eigenvalue weighted by Crippen LogP contribution is -2.52. The van der Waals surface area contributed by atoms with Crippen molar-refractivity contribution in [2.45, 2.75) is 56.1 Å². The first-order chi connectivity index (χ1) is 20.7. The number of benzene rings is 3. The van der Waals surface area contributed by atoms with Crippen LogP contribution in [0.25, 0.3) is 0 Å². The van der Waals surface area contributed by atoms with E-state index in [0.717, 1.165) is 35.6 Å². The second-order valence-electron chi connectivity index (χ2n) is 10.4. The highest BCUT2D eigenvalue weighted by molar-refractivity contribution is 7.92. The molecule has 3 aromatic rings. The van der Waals surface area contributed by atoms with Gasteiger partial charge in [-0.15, -0.1) is 0 Å². The van der Waals surface area contributed by atoms with Crippen molar-refractivity contribution in [3.8, 4) is 17.2 Å². The Labute approximate surface area is 253 Å². The highest BCUT2D eigenvalue weighted by Crippen LogP contribution is 2.34. The molecule has 0 saturated heterocycles. The van der Waals surface area contributed by atoms with Crippen molar-refractivity contribution in [1.82, 2.24) is 10.2 Å². The molecule has 0 radical (unpaired) electrons. The first-order valence-electron chi connectivity index (χ1n) is 14.2. The van der Waals surface area contributed by atoms with Gasteiger partial charge in [0.1, 0.15) is 18.3 Å². The Kier molecular flexibility index (Phi) is 10.5. The summed E-state index contributed by atoms with van der Waals surface area (Å²) in [6.07, 6.45) is 3.88. The molecule has 1 aliphatic rings. The lowest BCUT2D eigenvalue weighted by molar-refractivity contribution is -0.139. The normalized spacial score (nSPS) is 14.0. The summed E-state index contributed by atoms with van der Waals surface area (Å²) in [4.78, 5) is 29.0. The molecule has 4 rings (SSSR count). The van der Waals surface area contributed by atoms with Crippen LogP contribution in [-0.4, -0.2) is 65.1 Å². The molecular formula is C32H39N3O7S. The average Bonchev–Trinajstić information content (AvgIpc) is 3.55. The van der Waals surface area contributed by atoms with E-state index in [9.17, 15) is 18.0 Å². The minimum absolute atomic E-state index is 0.0176. The second kappa shape index (κ2) is 14.3. The van der Waals surface area contributed by atoms with Crippen molar-refractivity contribution in [2.75, 3.05) is 32.2 Å². The fourth-order valence-corrected chi connectivity index (χ4v) is 6.60. The van der Waals surface area contributed by atoms with Gasteiger partial charge in [-0.25, -0.2) is 8.42 Å². The van der Waals surface area contributed by atoms with Gasteiger partial charge in [0.25, 0.3) is 10.0 Å². The van der Waals surface area contributed by atoms with Crippen LogP contribution in [0.2, 0.25) is 0 Å². The number of methoxy groups -OCH3 is 3. The van der Waals surface area contributed by atoms with Crippen LogP contribution < -0.4 is 23.8 Å². The number of rotatable bonds is 13. The Hall–Kier alpha value is -4.25. The summed E-state index contributed by atoms with van der Waals surface area (Å²) in [6.45, 7) is 1.17. The van der Waals surface area contributed by atoms with Gasteiger partial charge in [-0.05, 0) is 61.7 Å². The van der Waals surface area contributed by atoms with Crippen molar-refractivity contribution in [3.05, 3.63) is 78.4 Å². The maximum atomic E-state index is 14.2. The van der Waals surface area contributed by atoms with Gasteiger partial charge in [0, 0.05) is 18.7 Å². The van der Waals surface area contributed by atoms with Gasteiger partial charge in [-0.2, -0.15) is 0 Å². The van der Waals surface area contributed by atoms with E-state index in [4.69, 9.17) is 14.2 Å². The molecule has 1 unspecified atom stereocenters. The first-order valence-corrected chi connectivity index (χ1v) is 15.6. The molecule has 0 aliphatic heterocycles. The van der Waals surface area contributed by atoms with E-state index in [-0.39, 0.29) is 29.1 Å².